The molecular formula is C5H13O7P. The number of aliphatic hydroxyl groups excluding tert-OH is 1. The van der Waals surface area contributed by atoms with Crippen molar-refractivity contribution in [2.24, 2.45) is 0 Å². The molecule has 0 saturated heterocycles. The van der Waals surface area contributed by atoms with E-state index in [0.29, 0.717) is 12.8 Å². The molecule has 0 aromatic heterocycles. The average Bonchev–Trinajstić information content (AvgIpc) is 1.83. The van der Waals surface area contributed by atoms with Gasteiger partial charge in [0.05, 0.1) is 0 Å². The van der Waals surface area contributed by atoms with E-state index in [1.54, 1.807) is 0 Å². The molecule has 5 N–H and O–H groups in total. The fraction of sp³-hybridized carbons (Fsp3) is 0.800. The van der Waals surface area contributed by atoms with Gasteiger partial charge in [0.25, 0.3) is 0 Å². The van der Waals surface area contributed by atoms with Gasteiger partial charge in [-0.25, -0.2) is 4.57 Å². The number of hydrogen-bond acceptors (Lipinski definition) is 3. The molecule has 80 valence electrons. The number of phosphoric acid groups is 1. The lowest BCUT2D eigenvalue weighted by Gasteiger charge is -1.89. The summed E-state index contributed by atoms with van der Waals surface area (Å²) in [5.74, 6) is -0.793. The van der Waals surface area contributed by atoms with Crippen LogP contribution >= 0.6 is 7.82 Å². The maximum atomic E-state index is 9.79. The molecular weight excluding hydrogens is 203 g/mol. The standard InChI is InChI=1S/C5H10O3.H3O4P/c6-4-2-1-3-5(7)8;1-5(2,3)4/h6H,1-4H2,(H,7,8);(H3,1,2,3,4). The van der Waals surface area contributed by atoms with Gasteiger partial charge < -0.3 is 24.9 Å². The highest BCUT2D eigenvalue weighted by molar-refractivity contribution is 7.45. The van der Waals surface area contributed by atoms with E-state index >= 15 is 0 Å². The Morgan fingerprint density at radius 1 is 1.15 bits per heavy atom. The van der Waals surface area contributed by atoms with Crippen molar-refractivity contribution >= 4 is 13.8 Å². The van der Waals surface area contributed by atoms with Gasteiger partial charge in [-0.3, -0.25) is 4.79 Å². The number of carboxylic acid groups (broad SMARTS) is 1. The zero-order valence-electron chi connectivity index (χ0n) is 6.83. The summed E-state index contributed by atoms with van der Waals surface area (Å²) in [7, 11) is -4.64. The molecule has 0 heterocycles. The van der Waals surface area contributed by atoms with E-state index in [-0.39, 0.29) is 13.0 Å². The van der Waals surface area contributed by atoms with Crippen molar-refractivity contribution in [3.63, 3.8) is 0 Å². The fourth-order valence-electron chi connectivity index (χ4n) is 0.388. The van der Waals surface area contributed by atoms with Crippen molar-refractivity contribution in [1.29, 1.82) is 0 Å². The molecule has 0 unspecified atom stereocenters. The van der Waals surface area contributed by atoms with Gasteiger partial charge >= 0.3 is 13.8 Å². The molecule has 0 aliphatic rings. The predicted molar refractivity (Wildman–Crippen MR) is 42.8 cm³/mol. The van der Waals surface area contributed by atoms with Crippen molar-refractivity contribution in [3.05, 3.63) is 0 Å². The zero-order valence-corrected chi connectivity index (χ0v) is 7.72. The number of aliphatic hydroxyl groups is 1. The molecule has 0 rings (SSSR count). The number of unbranched alkanes of at least 4 members (excludes halogenated alkanes) is 1. The summed E-state index contributed by atoms with van der Waals surface area (Å²) < 4.78 is 8.88. The average molecular weight is 216 g/mol. The quantitative estimate of drug-likeness (QED) is 0.310. The van der Waals surface area contributed by atoms with E-state index in [2.05, 4.69) is 0 Å². The third-order valence-corrected chi connectivity index (χ3v) is 0.799. The van der Waals surface area contributed by atoms with Crippen LogP contribution in [0.5, 0.6) is 0 Å². The fourth-order valence-corrected chi connectivity index (χ4v) is 0.388. The molecule has 0 aromatic carbocycles. The largest absolute Gasteiger partial charge is 0.481 e. The second-order valence-corrected chi connectivity index (χ2v) is 3.11. The first-order valence-corrected chi connectivity index (χ1v) is 4.95. The number of aliphatic carboxylic acids is 1. The summed E-state index contributed by atoms with van der Waals surface area (Å²) in [5, 5.41) is 16.2. The second kappa shape index (κ2) is 8.15. The Kier molecular flexibility index (Phi) is 9.43. The van der Waals surface area contributed by atoms with Gasteiger partial charge in [-0.05, 0) is 12.8 Å². The van der Waals surface area contributed by atoms with Crippen LogP contribution in [0.4, 0.5) is 0 Å². The van der Waals surface area contributed by atoms with Gasteiger partial charge in [0.15, 0.2) is 0 Å². The van der Waals surface area contributed by atoms with Crippen LogP contribution in [0, 0.1) is 0 Å². The Morgan fingerprint density at radius 3 is 1.77 bits per heavy atom. The lowest BCUT2D eigenvalue weighted by molar-refractivity contribution is -0.137. The van der Waals surface area contributed by atoms with Crippen molar-refractivity contribution in [1.82, 2.24) is 0 Å². The van der Waals surface area contributed by atoms with E-state index in [1.807, 2.05) is 0 Å². The summed E-state index contributed by atoms with van der Waals surface area (Å²) in [6.07, 6.45) is 1.33. The molecule has 0 radical (unpaired) electrons. The van der Waals surface area contributed by atoms with Crippen LogP contribution in [0.15, 0.2) is 0 Å². The highest BCUT2D eigenvalue weighted by Crippen LogP contribution is 2.25. The summed E-state index contributed by atoms with van der Waals surface area (Å²) in [6.45, 7) is 0.0906. The first kappa shape index (κ1) is 15.0. The SMILES string of the molecule is O=C(O)CCCCO.O=P(O)(O)O. The number of rotatable bonds is 4. The molecule has 0 aliphatic carbocycles. The molecule has 0 atom stereocenters. The van der Waals surface area contributed by atoms with Gasteiger partial charge in [0, 0.05) is 13.0 Å². The van der Waals surface area contributed by atoms with Crippen LogP contribution in [0.1, 0.15) is 19.3 Å². The first-order valence-electron chi connectivity index (χ1n) is 3.38. The van der Waals surface area contributed by atoms with Crippen molar-refractivity contribution in [3.8, 4) is 0 Å². The highest BCUT2D eigenvalue weighted by atomic mass is 31.2. The molecule has 0 fully saturated rings. The molecule has 0 bridgehead atoms. The summed E-state index contributed by atoms with van der Waals surface area (Å²) >= 11 is 0. The Morgan fingerprint density at radius 2 is 1.54 bits per heavy atom. The van der Waals surface area contributed by atoms with Crippen LogP contribution < -0.4 is 0 Å². The smallest absolute Gasteiger partial charge is 0.466 e. The normalized spacial score (nSPS) is 10.2. The zero-order chi connectivity index (χ0) is 10.9. The van der Waals surface area contributed by atoms with Crippen LogP contribution in [0.3, 0.4) is 0 Å². The van der Waals surface area contributed by atoms with Crippen molar-refractivity contribution in [2.75, 3.05) is 6.61 Å². The van der Waals surface area contributed by atoms with Crippen molar-refractivity contribution in [2.45, 2.75) is 19.3 Å². The van der Waals surface area contributed by atoms with Crippen LogP contribution in [0.25, 0.3) is 0 Å². The monoisotopic (exact) mass is 216 g/mol. The Bertz CT molecular complexity index is 165. The third kappa shape index (κ3) is 51.0. The van der Waals surface area contributed by atoms with Crippen LogP contribution in [-0.4, -0.2) is 37.5 Å². The van der Waals surface area contributed by atoms with E-state index in [4.69, 9.17) is 29.5 Å². The minimum Gasteiger partial charge on any atom is -0.481 e. The minimum absolute atomic E-state index is 0.0906. The Labute approximate surface area is 74.9 Å². The summed E-state index contributed by atoms with van der Waals surface area (Å²) in [6, 6.07) is 0. The lowest BCUT2D eigenvalue weighted by Crippen LogP contribution is -1.94. The summed E-state index contributed by atoms with van der Waals surface area (Å²) in [4.78, 5) is 31.4. The number of hydrogen-bond donors (Lipinski definition) is 5. The maximum Gasteiger partial charge on any atom is 0.466 e. The Hall–Kier alpha value is -0.460. The van der Waals surface area contributed by atoms with Gasteiger partial charge in [0.1, 0.15) is 0 Å². The molecule has 0 aliphatic heterocycles. The number of carboxylic acids is 1. The molecule has 13 heavy (non-hydrogen) atoms. The molecule has 0 amide bonds. The minimum atomic E-state index is -4.64. The maximum absolute atomic E-state index is 9.79. The van der Waals surface area contributed by atoms with E-state index < -0.39 is 13.8 Å². The van der Waals surface area contributed by atoms with Crippen LogP contribution in [-0.2, 0) is 9.36 Å². The van der Waals surface area contributed by atoms with E-state index in [1.165, 1.54) is 0 Å². The molecule has 0 saturated carbocycles. The predicted octanol–water partition coefficient (Wildman–Crippen LogP) is -0.695. The van der Waals surface area contributed by atoms with E-state index in [0.717, 1.165) is 0 Å². The lowest BCUT2D eigenvalue weighted by atomic mass is 10.2. The van der Waals surface area contributed by atoms with Gasteiger partial charge in [-0.2, -0.15) is 0 Å². The highest BCUT2D eigenvalue weighted by Gasteiger charge is 2.00. The Balaban J connectivity index is 0. The molecule has 0 aromatic rings. The van der Waals surface area contributed by atoms with Crippen LogP contribution in [0.2, 0.25) is 0 Å². The first-order chi connectivity index (χ1) is 5.77. The molecule has 7 nitrogen and oxygen atoms in total. The van der Waals surface area contributed by atoms with Gasteiger partial charge in [-0.1, -0.05) is 0 Å². The van der Waals surface area contributed by atoms with E-state index in [9.17, 15) is 4.79 Å². The third-order valence-electron chi connectivity index (χ3n) is 0.799. The molecule has 0 spiro atoms. The number of carbonyl (C=O) groups is 1. The van der Waals surface area contributed by atoms with Gasteiger partial charge in [0.2, 0.25) is 0 Å². The topological polar surface area (TPSA) is 135 Å². The van der Waals surface area contributed by atoms with Crippen molar-refractivity contribution < 1.29 is 34.3 Å². The second-order valence-electron chi connectivity index (χ2n) is 2.09. The molecule has 8 heteroatoms. The van der Waals surface area contributed by atoms with Gasteiger partial charge in [-0.15, -0.1) is 0 Å². The summed E-state index contributed by atoms with van der Waals surface area (Å²) in [5.41, 5.74) is 0.